The van der Waals surface area contributed by atoms with Gasteiger partial charge in [-0.2, -0.15) is 0 Å². The summed E-state index contributed by atoms with van der Waals surface area (Å²) in [4.78, 5) is 0. The van der Waals surface area contributed by atoms with Gasteiger partial charge in [0, 0.05) is 6.61 Å². The Morgan fingerprint density at radius 3 is 2.03 bits per heavy atom. The molecule has 2 aromatic rings. The van der Waals surface area contributed by atoms with Crippen LogP contribution in [0.1, 0.15) is 75.8 Å². The number of benzene rings is 2. The zero-order valence-corrected chi connectivity index (χ0v) is 19.0. The van der Waals surface area contributed by atoms with Crippen LogP contribution in [0.4, 0.5) is 0 Å². The van der Waals surface area contributed by atoms with Gasteiger partial charge < -0.3 is 4.74 Å². The molecule has 1 nitrogen and oxygen atoms in total. The lowest BCUT2D eigenvalue weighted by molar-refractivity contribution is 0.117. The first-order chi connectivity index (χ1) is 14.8. The highest BCUT2D eigenvalue weighted by atomic mass is 16.5. The summed E-state index contributed by atoms with van der Waals surface area (Å²) in [5, 5.41) is 0. The molecule has 0 aliphatic heterocycles. The fraction of sp³-hybridized carbons (Fsp3) is 0.517. The zero-order valence-electron chi connectivity index (χ0n) is 19.0. The van der Waals surface area contributed by atoms with Crippen molar-refractivity contribution in [2.24, 2.45) is 11.8 Å². The molecule has 0 heterocycles. The van der Waals surface area contributed by atoms with E-state index in [4.69, 9.17) is 4.74 Å². The van der Waals surface area contributed by atoms with Gasteiger partial charge in [0.15, 0.2) is 0 Å². The summed E-state index contributed by atoms with van der Waals surface area (Å²) in [6.07, 6.45) is 15.1. The van der Waals surface area contributed by atoms with E-state index in [1.807, 2.05) is 0 Å². The summed E-state index contributed by atoms with van der Waals surface area (Å²) in [7, 11) is 0. The van der Waals surface area contributed by atoms with E-state index in [2.05, 4.69) is 68.1 Å². The normalized spacial score (nSPS) is 19.0. The Labute approximate surface area is 184 Å². The van der Waals surface area contributed by atoms with Gasteiger partial charge in [-0.3, -0.25) is 0 Å². The van der Waals surface area contributed by atoms with E-state index in [1.165, 1.54) is 80.0 Å². The predicted octanol–water partition coefficient (Wildman–Crippen LogP) is 8.38. The molecule has 1 aliphatic carbocycles. The Hall–Kier alpha value is -1.86. The highest BCUT2D eigenvalue weighted by Crippen LogP contribution is 2.33. The van der Waals surface area contributed by atoms with Crippen LogP contribution in [0.15, 0.2) is 61.2 Å². The lowest BCUT2D eigenvalue weighted by Gasteiger charge is -2.27. The van der Waals surface area contributed by atoms with Crippen molar-refractivity contribution in [3.05, 3.63) is 72.3 Å². The van der Waals surface area contributed by atoms with Crippen LogP contribution in [-0.2, 0) is 17.8 Å². The first-order valence-corrected chi connectivity index (χ1v) is 12.2. The smallest absolute Gasteiger partial charge is 0.0716 e. The molecule has 0 atom stereocenters. The Kier molecular flexibility index (Phi) is 9.70. The monoisotopic (exact) mass is 404 g/mol. The van der Waals surface area contributed by atoms with E-state index in [0.717, 1.165) is 31.5 Å². The second kappa shape index (κ2) is 12.7. The van der Waals surface area contributed by atoms with Crippen molar-refractivity contribution in [2.75, 3.05) is 6.61 Å². The highest BCUT2D eigenvalue weighted by molar-refractivity contribution is 5.63. The lowest BCUT2D eigenvalue weighted by atomic mass is 9.78. The molecule has 3 rings (SSSR count). The third-order valence-electron chi connectivity index (χ3n) is 6.71. The maximum absolute atomic E-state index is 5.77. The van der Waals surface area contributed by atoms with Crippen LogP contribution >= 0.6 is 0 Å². The molecule has 0 amide bonds. The summed E-state index contributed by atoms with van der Waals surface area (Å²) >= 11 is 0. The first-order valence-electron chi connectivity index (χ1n) is 12.2. The minimum atomic E-state index is 0.721. The minimum Gasteiger partial charge on any atom is -0.377 e. The second-order valence-electron chi connectivity index (χ2n) is 9.10. The number of allylic oxidation sites excluding steroid dienone is 1. The third kappa shape index (κ3) is 7.43. The topological polar surface area (TPSA) is 9.23 Å². The van der Waals surface area contributed by atoms with Gasteiger partial charge in [0.1, 0.15) is 0 Å². The number of unbranched alkanes of at least 4 members (excludes halogenated alkanes) is 2. The molecule has 2 aromatic carbocycles. The van der Waals surface area contributed by atoms with Crippen LogP contribution in [0.2, 0.25) is 0 Å². The van der Waals surface area contributed by atoms with Gasteiger partial charge in [-0.05, 0) is 72.6 Å². The zero-order chi connectivity index (χ0) is 21.0. The average molecular weight is 405 g/mol. The van der Waals surface area contributed by atoms with Gasteiger partial charge in [-0.25, -0.2) is 0 Å². The van der Waals surface area contributed by atoms with Gasteiger partial charge in [0.2, 0.25) is 0 Å². The maximum Gasteiger partial charge on any atom is 0.0716 e. The van der Waals surface area contributed by atoms with Crippen LogP contribution < -0.4 is 0 Å². The van der Waals surface area contributed by atoms with Crippen molar-refractivity contribution in [3.8, 4) is 11.1 Å². The molecular formula is C29H40O. The highest BCUT2D eigenvalue weighted by Gasteiger charge is 2.19. The number of hydrogen-bond donors (Lipinski definition) is 0. The van der Waals surface area contributed by atoms with Crippen molar-refractivity contribution < 1.29 is 4.74 Å². The van der Waals surface area contributed by atoms with Crippen LogP contribution in [0.3, 0.4) is 0 Å². The van der Waals surface area contributed by atoms with E-state index in [0.29, 0.717) is 0 Å². The fourth-order valence-corrected chi connectivity index (χ4v) is 4.66. The second-order valence-corrected chi connectivity index (χ2v) is 9.10. The SMILES string of the molecule is C=CCC1CCC(CCc2ccc(-c3ccc(COCCCCC)cc3)cc2)CC1. The Bertz CT molecular complexity index is 720. The summed E-state index contributed by atoms with van der Waals surface area (Å²) in [5.41, 5.74) is 5.33. The molecule has 1 heteroatoms. The van der Waals surface area contributed by atoms with Crippen LogP contribution in [0.5, 0.6) is 0 Å². The molecule has 1 saturated carbocycles. The van der Waals surface area contributed by atoms with E-state index < -0.39 is 0 Å². The quantitative estimate of drug-likeness (QED) is 0.255. The van der Waals surface area contributed by atoms with E-state index >= 15 is 0 Å². The van der Waals surface area contributed by atoms with Crippen molar-refractivity contribution in [2.45, 2.75) is 77.7 Å². The van der Waals surface area contributed by atoms with Gasteiger partial charge >= 0.3 is 0 Å². The predicted molar refractivity (Wildman–Crippen MR) is 130 cm³/mol. The molecule has 1 fully saturated rings. The molecule has 0 bridgehead atoms. The van der Waals surface area contributed by atoms with Crippen LogP contribution in [-0.4, -0.2) is 6.61 Å². The number of aryl methyl sites for hydroxylation is 1. The van der Waals surface area contributed by atoms with Crippen molar-refractivity contribution >= 4 is 0 Å². The molecule has 30 heavy (non-hydrogen) atoms. The summed E-state index contributed by atoms with van der Waals surface area (Å²) in [6.45, 7) is 7.71. The molecule has 0 saturated heterocycles. The fourth-order valence-electron chi connectivity index (χ4n) is 4.66. The molecule has 0 N–H and O–H groups in total. The molecule has 1 aliphatic rings. The van der Waals surface area contributed by atoms with Crippen LogP contribution in [0, 0.1) is 11.8 Å². The molecule has 162 valence electrons. The van der Waals surface area contributed by atoms with E-state index in [1.54, 1.807) is 0 Å². The summed E-state index contributed by atoms with van der Waals surface area (Å²) < 4.78 is 5.77. The van der Waals surface area contributed by atoms with Crippen molar-refractivity contribution in [3.63, 3.8) is 0 Å². The Morgan fingerprint density at radius 1 is 0.833 bits per heavy atom. The number of hydrogen-bond acceptors (Lipinski definition) is 1. The largest absolute Gasteiger partial charge is 0.377 e. The molecular weight excluding hydrogens is 364 g/mol. The van der Waals surface area contributed by atoms with E-state index in [9.17, 15) is 0 Å². The summed E-state index contributed by atoms with van der Waals surface area (Å²) in [5.74, 6) is 1.82. The van der Waals surface area contributed by atoms with Gasteiger partial charge in [-0.1, -0.05) is 87.2 Å². The first kappa shape index (κ1) is 22.8. The van der Waals surface area contributed by atoms with Gasteiger partial charge in [-0.15, -0.1) is 6.58 Å². The molecule has 0 aromatic heterocycles. The van der Waals surface area contributed by atoms with Crippen LogP contribution in [0.25, 0.3) is 11.1 Å². The third-order valence-corrected chi connectivity index (χ3v) is 6.71. The molecule has 0 radical (unpaired) electrons. The molecule has 0 unspecified atom stereocenters. The summed E-state index contributed by atoms with van der Waals surface area (Å²) in [6, 6.07) is 18.1. The number of ether oxygens (including phenoxy) is 1. The van der Waals surface area contributed by atoms with Gasteiger partial charge in [0.05, 0.1) is 6.61 Å². The van der Waals surface area contributed by atoms with Gasteiger partial charge in [0.25, 0.3) is 0 Å². The average Bonchev–Trinajstić information content (AvgIpc) is 2.79. The van der Waals surface area contributed by atoms with E-state index in [-0.39, 0.29) is 0 Å². The Balaban J connectivity index is 1.42. The maximum atomic E-state index is 5.77. The molecule has 0 spiro atoms. The number of rotatable bonds is 12. The van der Waals surface area contributed by atoms with Crippen molar-refractivity contribution in [1.82, 2.24) is 0 Å². The standard InChI is InChI=1S/C29H40O/c1-3-5-6-22-30-23-27-16-20-29(21-17-27)28-18-14-26(15-19-28)13-12-25-10-8-24(7-4-2)9-11-25/h4,14-21,24-25H,2-3,5-13,22-23H2,1H3. The van der Waals surface area contributed by atoms with Crippen molar-refractivity contribution in [1.29, 1.82) is 0 Å². The minimum absolute atomic E-state index is 0.721. The Morgan fingerprint density at radius 2 is 1.43 bits per heavy atom. The lowest BCUT2D eigenvalue weighted by Crippen LogP contribution is -2.14.